The molecule has 0 heterocycles. The second-order valence-electron chi connectivity index (χ2n) is 2.56. The van der Waals surface area contributed by atoms with Crippen molar-refractivity contribution in [1.82, 2.24) is 0 Å². The van der Waals surface area contributed by atoms with Gasteiger partial charge in [0.1, 0.15) is 0 Å². The van der Waals surface area contributed by atoms with Crippen LogP contribution in [0, 0.1) is 0 Å². The predicted molar refractivity (Wildman–Crippen MR) is 50.7 cm³/mol. The predicted octanol–water partition coefficient (Wildman–Crippen LogP) is 1.30. The summed E-state index contributed by atoms with van der Waals surface area (Å²) in [5, 5.41) is 9.24. The molecule has 14 heavy (non-hydrogen) atoms. The van der Waals surface area contributed by atoms with Gasteiger partial charge in [0.05, 0.1) is 13.7 Å². The molecule has 1 aromatic carbocycles. The molecule has 0 fully saturated rings. The van der Waals surface area contributed by atoms with E-state index in [0.29, 0.717) is 11.3 Å². The van der Waals surface area contributed by atoms with Crippen LogP contribution >= 0.6 is 8.25 Å². The summed E-state index contributed by atoms with van der Waals surface area (Å²) in [6.45, 7) is 0.0188. The third-order valence-electron chi connectivity index (χ3n) is 1.61. The highest BCUT2D eigenvalue weighted by Gasteiger charge is 2.03. The molecule has 1 unspecified atom stereocenters. The molecule has 0 saturated heterocycles. The fourth-order valence-electron chi connectivity index (χ4n) is 0.957. The summed E-state index contributed by atoms with van der Waals surface area (Å²) in [6, 6.07) is 4.56. The summed E-state index contributed by atoms with van der Waals surface area (Å²) in [5.74, 6) is 0.330. The largest absolute Gasteiger partial charge is 0.504 e. The van der Waals surface area contributed by atoms with Crippen LogP contribution in [-0.2, 0) is 15.7 Å². The van der Waals surface area contributed by atoms with Gasteiger partial charge < -0.3 is 19.3 Å². The van der Waals surface area contributed by atoms with E-state index in [2.05, 4.69) is 4.52 Å². The van der Waals surface area contributed by atoms with Crippen molar-refractivity contribution in [3.05, 3.63) is 23.8 Å². The first-order chi connectivity index (χ1) is 6.63. The summed E-state index contributed by atoms with van der Waals surface area (Å²) in [4.78, 5) is 8.44. The van der Waals surface area contributed by atoms with Gasteiger partial charge in [-0.15, -0.1) is 0 Å². The van der Waals surface area contributed by atoms with Crippen molar-refractivity contribution in [2.24, 2.45) is 0 Å². The number of hydrogen-bond donors (Lipinski definition) is 2. The Balaban J connectivity index is 2.74. The lowest BCUT2D eigenvalue weighted by atomic mass is 10.2. The Morgan fingerprint density at radius 2 is 2.21 bits per heavy atom. The van der Waals surface area contributed by atoms with Crippen molar-refractivity contribution in [3.8, 4) is 11.5 Å². The molecular formula is C8H11O5P. The van der Waals surface area contributed by atoms with Crippen LogP contribution in [0.4, 0.5) is 0 Å². The van der Waals surface area contributed by atoms with Crippen LogP contribution in [0.25, 0.3) is 0 Å². The Morgan fingerprint density at radius 3 is 2.79 bits per heavy atom. The van der Waals surface area contributed by atoms with Crippen LogP contribution in [0.5, 0.6) is 11.5 Å². The van der Waals surface area contributed by atoms with Crippen LogP contribution < -0.4 is 4.74 Å². The van der Waals surface area contributed by atoms with Crippen LogP contribution in [0.15, 0.2) is 18.2 Å². The van der Waals surface area contributed by atoms with Gasteiger partial charge in [-0.2, -0.15) is 0 Å². The fraction of sp³-hybridized carbons (Fsp3) is 0.250. The molecule has 1 rings (SSSR count). The number of phenols is 1. The van der Waals surface area contributed by atoms with Gasteiger partial charge in [0.15, 0.2) is 11.5 Å². The van der Waals surface area contributed by atoms with Crippen molar-refractivity contribution < 1.29 is 23.8 Å². The van der Waals surface area contributed by atoms with Crippen LogP contribution in [0.3, 0.4) is 0 Å². The summed E-state index contributed by atoms with van der Waals surface area (Å²) >= 11 is 0. The Bertz CT molecular complexity index is 339. The molecule has 2 N–H and O–H groups in total. The zero-order valence-corrected chi connectivity index (χ0v) is 8.56. The standard InChI is InChI=1S/C8H11O5P/c1-12-8-4-6(2-3-7(8)9)5-13-14(10)11/h2-4,9,14H,5H2,1H3,(H,10,11). The van der Waals surface area contributed by atoms with Crippen molar-refractivity contribution in [2.45, 2.75) is 6.61 Å². The van der Waals surface area contributed by atoms with Crippen LogP contribution in [-0.4, -0.2) is 17.1 Å². The van der Waals surface area contributed by atoms with Gasteiger partial charge in [-0.3, -0.25) is 4.57 Å². The Kier molecular flexibility index (Phi) is 3.95. The molecule has 1 atom stereocenters. The highest BCUT2D eigenvalue weighted by atomic mass is 31.1. The van der Waals surface area contributed by atoms with Gasteiger partial charge in [0, 0.05) is 0 Å². The molecule has 0 bridgehead atoms. The smallest absolute Gasteiger partial charge is 0.316 e. The number of aromatic hydroxyl groups is 1. The van der Waals surface area contributed by atoms with E-state index in [1.54, 1.807) is 12.1 Å². The maximum absolute atomic E-state index is 10.3. The number of benzene rings is 1. The molecule has 78 valence electrons. The Hall–Kier alpha value is -1.03. The lowest BCUT2D eigenvalue weighted by Gasteiger charge is -2.05. The van der Waals surface area contributed by atoms with Crippen molar-refractivity contribution in [1.29, 1.82) is 0 Å². The third-order valence-corrected chi connectivity index (χ3v) is 2.00. The van der Waals surface area contributed by atoms with E-state index in [0.717, 1.165) is 0 Å². The minimum Gasteiger partial charge on any atom is -0.504 e. The number of hydrogen-bond acceptors (Lipinski definition) is 4. The number of methoxy groups -OCH3 is 1. The molecule has 0 aliphatic rings. The minimum absolute atomic E-state index is 0.0188. The lowest BCUT2D eigenvalue weighted by Crippen LogP contribution is -1.89. The normalized spacial score (nSPS) is 12.4. The average molecular weight is 218 g/mol. The first-order valence-corrected chi connectivity index (χ1v) is 5.11. The van der Waals surface area contributed by atoms with E-state index < -0.39 is 8.25 Å². The Morgan fingerprint density at radius 1 is 1.50 bits per heavy atom. The van der Waals surface area contributed by atoms with Crippen molar-refractivity contribution in [3.63, 3.8) is 0 Å². The van der Waals surface area contributed by atoms with Gasteiger partial charge in [0.2, 0.25) is 0 Å². The molecular weight excluding hydrogens is 207 g/mol. The van der Waals surface area contributed by atoms with Crippen LogP contribution in [0.1, 0.15) is 5.56 Å². The van der Waals surface area contributed by atoms with E-state index >= 15 is 0 Å². The third kappa shape index (κ3) is 3.03. The molecule has 0 aliphatic carbocycles. The van der Waals surface area contributed by atoms with E-state index in [9.17, 15) is 9.67 Å². The molecule has 6 heteroatoms. The van der Waals surface area contributed by atoms with Gasteiger partial charge in [-0.05, 0) is 17.7 Å². The zero-order chi connectivity index (χ0) is 10.6. The topological polar surface area (TPSA) is 76.0 Å². The van der Waals surface area contributed by atoms with Crippen LogP contribution in [0.2, 0.25) is 0 Å². The molecule has 1 aromatic rings. The number of ether oxygens (including phenoxy) is 1. The first kappa shape index (κ1) is 11.0. The molecule has 0 spiro atoms. The van der Waals surface area contributed by atoms with E-state index in [4.69, 9.17) is 9.63 Å². The van der Waals surface area contributed by atoms with Gasteiger partial charge >= 0.3 is 8.25 Å². The molecule has 0 radical (unpaired) electrons. The highest BCUT2D eigenvalue weighted by Crippen LogP contribution is 2.27. The molecule has 5 nitrogen and oxygen atoms in total. The summed E-state index contributed by atoms with van der Waals surface area (Å²) in [5.41, 5.74) is 0.659. The number of rotatable bonds is 4. The van der Waals surface area contributed by atoms with Gasteiger partial charge in [-0.1, -0.05) is 6.07 Å². The SMILES string of the molecule is COc1cc(CO[PH](=O)O)ccc1O. The van der Waals surface area contributed by atoms with Crippen molar-refractivity contribution >= 4 is 8.25 Å². The molecule has 0 aliphatic heterocycles. The molecule has 0 aromatic heterocycles. The minimum atomic E-state index is -2.91. The van der Waals surface area contributed by atoms with Gasteiger partial charge in [-0.25, -0.2) is 0 Å². The molecule has 0 saturated carbocycles. The van der Waals surface area contributed by atoms with Crippen molar-refractivity contribution in [2.75, 3.05) is 7.11 Å². The number of phenolic OH excluding ortho intramolecular Hbond substituents is 1. The first-order valence-electron chi connectivity index (χ1n) is 3.85. The summed E-state index contributed by atoms with van der Waals surface area (Å²) < 4.78 is 19.7. The zero-order valence-electron chi connectivity index (χ0n) is 7.56. The molecule has 0 amide bonds. The Labute approximate surface area is 81.9 Å². The summed E-state index contributed by atoms with van der Waals surface area (Å²) in [6.07, 6.45) is 0. The maximum Gasteiger partial charge on any atom is 0.316 e. The monoisotopic (exact) mass is 218 g/mol. The maximum atomic E-state index is 10.3. The van der Waals surface area contributed by atoms with E-state index in [-0.39, 0.29) is 12.4 Å². The second-order valence-corrected chi connectivity index (χ2v) is 3.38. The van der Waals surface area contributed by atoms with E-state index in [1.165, 1.54) is 13.2 Å². The summed E-state index contributed by atoms with van der Waals surface area (Å²) in [7, 11) is -1.49. The second kappa shape index (κ2) is 5.00. The average Bonchev–Trinajstić information content (AvgIpc) is 2.16. The van der Waals surface area contributed by atoms with E-state index in [1.807, 2.05) is 0 Å². The highest BCUT2D eigenvalue weighted by molar-refractivity contribution is 7.32. The van der Waals surface area contributed by atoms with Gasteiger partial charge in [0.25, 0.3) is 0 Å². The lowest BCUT2D eigenvalue weighted by molar-refractivity contribution is 0.271. The quantitative estimate of drug-likeness (QED) is 0.745. The fourth-order valence-corrected chi connectivity index (χ4v) is 1.25.